The number of benzene rings is 2. The zero-order chi connectivity index (χ0) is 15.1. The summed E-state index contributed by atoms with van der Waals surface area (Å²) in [6.07, 6.45) is 1.37. The Bertz CT molecular complexity index is 590. The van der Waals surface area contributed by atoms with E-state index < -0.39 is 0 Å². The molecule has 3 heteroatoms. The number of carbonyl (C=O) groups is 1. The van der Waals surface area contributed by atoms with Gasteiger partial charge in [-0.2, -0.15) is 0 Å². The third-order valence-electron chi connectivity index (χ3n) is 3.41. The number of nitrogens with one attached hydrogen (secondary N) is 2. The number of amides is 1. The van der Waals surface area contributed by atoms with Crippen LogP contribution in [0, 0.1) is 6.92 Å². The average molecular weight is 282 g/mol. The van der Waals surface area contributed by atoms with E-state index in [-0.39, 0.29) is 5.91 Å². The molecule has 2 N–H and O–H groups in total. The van der Waals surface area contributed by atoms with E-state index in [1.54, 1.807) is 0 Å². The van der Waals surface area contributed by atoms with E-state index in [2.05, 4.69) is 36.6 Å². The Labute approximate surface area is 126 Å². The predicted molar refractivity (Wildman–Crippen MR) is 88.7 cm³/mol. The average Bonchev–Trinajstić information content (AvgIpc) is 2.50. The van der Waals surface area contributed by atoms with Gasteiger partial charge in [0.1, 0.15) is 0 Å². The molecule has 0 aromatic heterocycles. The summed E-state index contributed by atoms with van der Waals surface area (Å²) in [5, 5.41) is 6.23. The van der Waals surface area contributed by atoms with Crippen molar-refractivity contribution in [2.75, 3.05) is 17.2 Å². The topological polar surface area (TPSA) is 41.1 Å². The molecule has 0 spiro atoms. The molecule has 2 rings (SSSR count). The largest absolute Gasteiger partial charge is 0.385 e. The van der Waals surface area contributed by atoms with Crippen LogP contribution >= 0.6 is 0 Å². The smallest absolute Gasteiger partial charge is 0.226 e. The Balaban J connectivity index is 1.81. The van der Waals surface area contributed by atoms with Gasteiger partial charge >= 0.3 is 0 Å². The van der Waals surface area contributed by atoms with Crippen LogP contribution in [0.25, 0.3) is 0 Å². The molecule has 0 aliphatic carbocycles. The van der Waals surface area contributed by atoms with Crippen molar-refractivity contribution < 1.29 is 4.79 Å². The quantitative estimate of drug-likeness (QED) is 0.841. The molecule has 1 amide bonds. The van der Waals surface area contributed by atoms with E-state index in [9.17, 15) is 4.79 Å². The number of aryl methyl sites for hydroxylation is 2. The molecule has 0 bridgehead atoms. The molecule has 0 atom stereocenters. The summed E-state index contributed by atoms with van der Waals surface area (Å²) in [7, 11) is 0. The van der Waals surface area contributed by atoms with Crippen LogP contribution in [0.5, 0.6) is 0 Å². The number of rotatable bonds is 6. The van der Waals surface area contributed by atoms with Crippen LogP contribution in [-0.4, -0.2) is 12.5 Å². The van der Waals surface area contributed by atoms with Gasteiger partial charge in [0, 0.05) is 24.3 Å². The van der Waals surface area contributed by atoms with Crippen molar-refractivity contribution in [3.63, 3.8) is 0 Å². The van der Waals surface area contributed by atoms with Crippen LogP contribution in [-0.2, 0) is 11.2 Å². The molecule has 0 aliphatic rings. The molecule has 0 fully saturated rings. The van der Waals surface area contributed by atoms with E-state index in [1.165, 1.54) is 5.56 Å². The SMILES string of the molecule is CCc1ccccc1NC(=O)CCNc1ccc(C)cc1. The van der Waals surface area contributed by atoms with E-state index >= 15 is 0 Å². The molecule has 0 radical (unpaired) electrons. The lowest BCUT2D eigenvalue weighted by Gasteiger charge is -2.10. The fourth-order valence-electron chi connectivity index (χ4n) is 2.16. The molecule has 110 valence electrons. The van der Waals surface area contributed by atoms with Crippen molar-refractivity contribution in [2.24, 2.45) is 0 Å². The van der Waals surface area contributed by atoms with Crippen LogP contribution in [0.1, 0.15) is 24.5 Å². The molecule has 0 unspecified atom stereocenters. The maximum Gasteiger partial charge on any atom is 0.226 e. The molecule has 0 saturated heterocycles. The van der Waals surface area contributed by atoms with Crippen molar-refractivity contribution in [2.45, 2.75) is 26.7 Å². The molecule has 0 saturated carbocycles. The Morgan fingerprint density at radius 1 is 1.05 bits per heavy atom. The summed E-state index contributed by atoms with van der Waals surface area (Å²) in [5.74, 6) is 0.0375. The highest BCUT2D eigenvalue weighted by Gasteiger charge is 2.05. The van der Waals surface area contributed by atoms with Gasteiger partial charge in [-0.1, -0.05) is 42.8 Å². The molecule has 2 aromatic carbocycles. The van der Waals surface area contributed by atoms with Crippen LogP contribution in [0.4, 0.5) is 11.4 Å². The number of para-hydroxylation sites is 1. The number of hydrogen-bond acceptors (Lipinski definition) is 2. The van der Waals surface area contributed by atoms with Gasteiger partial charge in [0.05, 0.1) is 0 Å². The zero-order valence-corrected chi connectivity index (χ0v) is 12.6. The Hall–Kier alpha value is -2.29. The second-order valence-electron chi connectivity index (χ2n) is 5.10. The Morgan fingerprint density at radius 2 is 1.76 bits per heavy atom. The first-order valence-corrected chi connectivity index (χ1v) is 7.37. The monoisotopic (exact) mass is 282 g/mol. The van der Waals surface area contributed by atoms with Gasteiger partial charge < -0.3 is 10.6 Å². The normalized spacial score (nSPS) is 10.2. The number of carbonyl (C=O) groups excluding carboxylic acids is 1. The van der Waals surface area contributed by atoms with Crippen LogP contribution in [0.15, 0.2) is 48.5 Å². The lowest BCUT2D eigenvalue weighted by Crippen LogP contribution is -2.17. The van der Waals surface area contributed by atoms with Gasteiger partial charge in [-0.15, -0.1) is 0 Å². The Kier molecular flexibility index (Phi) is 5.38. The fraction of sp³-hybridized carbons (Fsp3) is 0.278. The van der Waals surface area contributed by atoms with Gasteiger partial charge in [-0.05, 0) is 37.1 Å². The first kappa shape index (κ1) is 15.1. The summed E-state index contributed by atoms with van der Waals surface area (Å²) < 4.78 is 0. The van der Waals surface area contributed by atoms with Gasteiger partial charge in [-0.3, -0.25) is 4.79 Å². The summed E-state index contributed by atoms with van der Waals surface area (Å²) >= 11 is 0. The minimum absolute atomic E-state index is 0.0375. The van der Waals surface area contributed by atoms with Gasteiger partial charge in [0.2, 0.25) is 5.91 Å². The van der Waals surface area contributed by atoms with Crippen molar-refractivity contribution in [3.8, 4) is 0 Å². The molecule has 21 heavy (non-hydrogen) atoms. The molecule has 3 nitrogen and oxygen atoms in total. The lowest BCUT2D eigenvalue weighted by molar-refractivity contribution is -0.115. The zero-order valence-electron chi connectivity index (χ0n) is 12.6. The van der Waals surface area contributed by atoms with Crippen LogP contribution in [0.3, 0.4) is 0 Å². The lowest BCUT2D eigenvalue weighted by atomic mass is 10.1. The van der Waals surface area contributed by atoms with Crippen molar-refractivity contribution in [1.82, 2.24) is 0 Å². The van der Waals surface area contributed by atoms with E-state index in [4.69, 9.17) is 0 Å². The molecule has 0 heterocycles. The second-order valence-corrected chi connectivity index (χ2v) is 5.10. The summed E-state index contributed by atoms with van der Waals surface area (Å²) in [6.45, 7) is 4.77. The van der Waals surface area contributed by atoms with E-state index in [0.717, 1.165) is 23.4 Å². The molecular weight excluding hydrogens is 260 g/mol. The first-order chi connectivity index (χ1) is 10.2. The third-order valence-corrected chi connectivity index (χ3v) is 3.41. The second kappa shape index (κ2) is 7.48. The van der Waals surface area contributed by atoms with Gasteiger partial charge in [0.15, 0.2) is 0 Å². The van der Waals surface area contributed by atoms with Crippen molar-refractivity contribution >= 4 is 17.3 Å². The molecular formula is C18H22N2O. The summed E-state index contributed by atoms with van der Waals surface area (Å²) in [6, 6.07) is 16.1. The minimum Gasteiger partial charge on any atom is -0.385 e. The standard InChI is InChI=1S/C18H22N2O/c1-3-15-6-4-5-7-17(15)20-18(21)12-13-19-16-10-8-14(2)9-11-16/h4-11,19H,3,12-13H2,1-2H3,(H,20,21). The van der Waals surface area contributed by atoms with E-state index in [0.29, 0.717) is 13.0 Å². The van der Waals surface area contributed by atoms with Crippen molar-refractivity contribution in [3.05, 3.63) is 59.7 Å². The predicted octanol–water partition coefficient (Wildman–Crippen LogP) is 4.00. The minimum atomic E-state index is 0.0375. The first-order valence-electron chi connectivity index (χ1n) is 7.37. The van der Waals surface area contributed by atoms with Crippen LogP contribution < -0.4 is 10.6 Å². The molecule has 2 aromatic rings. The Morgan fingerprint density at radius 3 is 2.48 bits per heavy atom. The maximum atomic E-state index is 12.0. The highest BCUT2D eigenvalue weighted by Crippen LogP contribution is 2.15. The number of hydrogen-bond donors (Lipinski definition) is 2. The summed E-state index contributed by atoms with van der Waals surface area (Å²) in [5.41, 5.74) is 4.36. The number of anilines is 2. The fourth-order valence-corrected chi connectivity index (χ4v) is 2.16. The van der Waals surface area contributed by atoms with Gasteiger partial charge in [-0.25, -0.2) is 0 Å². The van der Waals surface area contributed by atoms with Crippen molar-refractivity contribution in [1.29, 1.82) is 0 Å². The maximum absolute atomic E-state index is 12.0. The highest BCUT2D eigenvalue weighted by molar-refractivity contribution is 5.91. The highest BCUT2D eigenvalue weighted by atomic mass is 16.1. The van der Waals surface area contributed by atoms with Gasteiger partial charge in [0.25, 0.3) is 0 Å². The van der Waals surface area contributed by atoms with E-state index in [1.807, 2.05) is 36.4 Å². The molecule has 0 aliphatic heterocycles. The third kappa shape index (κ3) is 4.63. The van der Waals surface area contributed by atoms with Crippen LogP contribution in [0.2, 0.25) is 0 Å². The summed E-state index contributed by atoms with van der Waals surface area (Å²) in [4.78, 5) is 12.0.